The second-order valence-corrected chi connectivity index (χ2v) is 7.44. The van der Waals surface area contributed by atoms with Crippen LogP contribution >= 0.6 is 11.6 Å². The van der Waals surface area contributed by atoms with Crippen LogP contribution in [0.3, 0.4) is 0 Å². The van der Waals surface area contributed by atoms with E-state index in [1.54, 1.807) is 26.4 Å². The zero-order valence-electron chi connectivity index (χ0n) is 13.8. The summed E-state index contributed by atoms with van der Waals surface area (Å²) in [6.45, 7) is 2.23. The number of hydrogen-bond acceptors (Lipinski definition) is 4. The lowest BCUT2D eigenvalue weighted by atomic mass is 10.0. The molecule has 0 spiro atoms. The van der Waals surface area contributed by atoms with Crippen molar-refractivity contribution in [1.29, 1.82) is 0 Å². The van der Waals surface area contributed by atoms with Crippen molar-refractivity contribution >= 4 is 21.6 Å². The Morgan fingerprint density at radius 1 is 1.04 bits per heavy atom. The fraction of sp³-hybridized carbons (Fsp3) is 0.294. The maximum Gasteiger partial charge on any atom is 0.240 e. The number of sulfonamides is 1. The molecule has 0 bridgehead atoms. The van der Waals surface area contributed by atoms with Crippen LogP contribution in [-0.2, 0) is 16.4 Å². The van der Waals surface area contributed by atoms with E-state index in [-0.39, 0.29) is 11.4 Å². The molecule has 2 rings (SSSR count). The minimum Gasteiger partial charge on any atom is -0.493 e. The van der Waals surface area contributed by atoms with Gasteiger partial charge in [-0.05, 0) is 60.9 Å². The summed E-state index contributed by atoms with van der Waals surface area (Å²) in [7, 11) is -0.403. The first-order valence-corrected chi connectivity index (χ1v) is 9.20. The molecule has 2 aromatic carbocycles. The average Bonchev–Trinajstić information content (AvgIpc) is 2.56. The topological polar surface area (TPSA) is 64.6 Å². The standard InChI is InChI=1S/C17H20ClNO4S/c1-12-10-16(22-2)17(23-3)11-13(12)8-9-19-24(20,21)15-6-4-14(18)5-7-15/h4-7,10-11,19H,8-9H2,1-3H3. The van der Waals surface area contributed by atoms with E-state index < -0.39 is 10.0 Å². The van der Waals surface area contributed by atoms with Crippen molar-refractivity contribution in [3.63, 3.8) is 0 Å². The monoisotopic (exact) mass is 369 g/mol. The molecule has 130 valence electrons. The summed E-state index contributed by atoms with van der Waals surface area (Å²) in [6, 6.07) is 9.80. The molecule has 0 radical (unpaired) electrons. The quantitative estimate of drug-likeness (QED) is 0.814. The molecule has 0 aliphatic rings. The highest BCUT2D eigenvalue weighted by Gasteiger charge is 2.14. The summed E-state index contributed by atoms with van der Waals surface area (Å²) in [6.07, 6.45) is 0.541. The molecule has 0 atom stereocenters. The van der Waals surface area contributed by atoms with Gasteiger partial charge in [-0.1, -0.05) is 11.6 Å². The molecular weight excluding hydrogens is 350 g/mol. The van der Waals surface area contributed by atoms with E-state index in [1.807, 2.05) is 19.1 Å². The van der Waals surface area contributed by atoms with Crippen LogP contribution in [0.4, 0.5) is 0 Å². The molecule has 0 aliphatic heterocycles. The van der Waals surface area contributed by atoms with Crippen LogP contribution < -0.4 is 14.2 Å². The molecule has 24 heavy (non-hydrogen) atoms. The average molecular weight is 370 g/mol. The van der Waals surface area contributed by atoms with Gasteiger partial charge in [0.15, 0.2) is 11.5 Å². The minimum absolute atomic E-state index is 0.191. The van der Waals surface area contributed by atoms with Crippen molar-refractivity contribution in [2.75, 3.05) is 20.8 Å². The molecule has 0 aliphatic carbocycles. The maximum absolute atomic E-state index is 12.2. The number of ether oxygens (including phenoxy) is 2. The Labute approximate surface area is 147 Å². The van der Waals surface area contributed by atoms with Crippen LogP contribution in [0, 0.1) is 6.92 Å². The van der Waals surface area contributed by atoms with E-state index >= 15 is 0 Å². The number of methoxy groups -OCH3 is 2. The predicted molar refractivity (Wildman–Crippen MR) is 94.6 cm³/mol. The van der Waals surface area contributed by atoms with E-state index in [0.29, 0.717) is 22.9 Å². The minimum atomic E-state index is -3.55. The summed E-state index contributed by atoms with van der Waals surface area (Å²) in [4.78, 5) is 0.191. The normalized spacial score (nSPS) is 11.3. The van der Waals surface area contributed by atoms with Gasteiger partial charge in [0, 0.05) is 11.6 Å². The van der Waals surface area contributed by atoms with Crippen molar-refractivity contribution in [3.05, 3.63) is 52.5 Å². The lowest BCUT2D eigenvalue weighted by Crippen LogP contribution is -2.26. The van der Waals surface area contributed by atoms with Gasteiger partial charge in [0.25, 0.3) is 0 Å². The van der Waals surface area contributed by atoms with Gasteiger partial charge in [0.05, 0.1) is 19.1 Å². The molecule has 0 saturated heterocycles. The summed E-state index contributed by atoms with van der Waals surface area (Å²) in [5.41, 5.74) is 2.00. The third-order valence-electron chi connectivity index (χ3n) is 3.65. The molecule has 2 aromatic rings. The Morgan fingerprint density at radius 2 is 1.62 bits per heavy atom. The molecule has 0 aromatic heterocycles. The van der Waals surface area contributed by atoms with E-state index in [2.05, 4.69) is 4.72 Å². The second kappa shape index (κ2) is 7.88. The highest BCUT2D eigenvalue weighted by atomic mass is 35.5. The van der Waals surface area contributed by atoms with Gasteiger partial charge in [-0.25, -0.2) is 13.1 Å². The van der Waals surface area contributed by atoms with E-state index in [0.717, 1.165) is 11.1 Å². The number of rotatable bonds is 7. The number of halogens is 1. The van der Waals surface area contributed by atoms with Crippen LogP contribution in [0.1, 0.15) is 11.1 Å². The Balaban J connectivity index is 2.07. The number of hydrogen-bond donors (Lipinski definition) is 1. The largest absolute Gasteiger partial charge is 0.493 e. The third kappa shape index (κ3) is 4.41. The molecule has 5 nitrogen and oxygen atoms in total. The Kier molecular flexibility index (Phi) is 6.10. The molecular formula is C17H20ClNO4S. The first-order chi connectivity index (χ1) is 11.4. The Morgan fingerprint density at radius 3 is 2.21 bits per heavy atom. The van der Waals surface area contributed by atoms with E-state index in [1.165, 1.54) is 12.1 Å². The number of benzene rings is 2. The van der Waals surface area contributed by atoms with Gasteiger partial charge >= 0.3 is 0 Å². The van der Waals surface area contributed by atoms with E-state index in [4.69, 9.17) is 21.1 Å². The number of nitrogens with one attached hydrogen (secondary N) is 1. The van der Waals surface area contributed by atoms with Gasteiger partial charge in [0.2, 0.25) is 10.0 Å². The van der Waals surface area contributed by atoms with E-state index in [9.17, 15) is 8.42 Å². The third-order valence-corrected chi connectivity index (χ3v) is 5.38. The molecule has 0 amide bonds. The zero-order valence-corrected chi connectivity index (χ0v) is 15.4. The van der Waals surface area contributed by atoms with Gasteiger partial charge in [0.1, 0.15) is 0 Å². The van der Waals surface area contributed by atoms with Crippen LogP contribution in [0.5, 0.6) is 11.5 Å². The Hall–Kier alpha value is -1.76. The molecule has 0 fully saturated rings. The second-order valence-electron chi connectivity index (χ2n) is 5.24. The highest BCUT2D eigenvalue weighted by Crippen LogP contribution is 2.30. The van der Waals surface area contributed by atoms with Gasteiger partial charge in [-0.15, -0.1) is 0 Å². The fourth-order valence-corrected chi connectivity index (χ4v) is 3.47. The maximum atomic E-state index is 12.2. The number of aryl methyl sites for hydroxylation is 1. The lowest BCUT2D eigenvalue weighted by molar-refractivity contribution is 0.354. The fourth-order valence-electron chi connectivity index (χ4n) is 2.31. The van der Waals surface area contributed by atoms with Crippen molar-refractivity contribution in [2.24, 2.45) is 0 Å². The molecule has 0 saturated carbocycles. The predicted octanol–water partition coefficient (Wildman–Crippen LogP) is 3.19. The highest BCUT2D eigenvalue weighted by molar-refractivity contribution is 7.89. The van der Waals surface area contributed by atoms with Crippen molar-refractivity contribution in [3.8, 4) is 11.5 Å². The van der Waals surface area contributed by atoms with Crippen LogP contribution in [0.25, 0.3) is 0 Å². The molecule has 0 heterocycles. The molecule has 0 unspecified atom stereocenters. The van der Waals surface area contributed by atoms with Crippen molar-refractivity contribution in [1.82, 2.24) is 4.72 Å². The Bertz CT molecular complexity index is 804. The summed E-state index contributed by atoms with van der Waals surface area (Å²) in [5.74, 6) is 1.28. The molecule has 1 N–H and O–H groups in total. The lowest BCUT2D eigenvalue weighted by Gasteiger charge is -2.13. The summed E-state index contributed by atoms with van der Waals surface area (Å²) >= 11 is 5.78. The van der Waals surface area contributed by atoms with Crippen LogP contribution in [0.2, 0.25) is 5.02 Å². The first kappa shape index (κ1) is 18.6. The summed E-state index contributed by atoms with van der Waals surface area (Å²) < 4.78 is 37.6. The van der Waals surface area contributed by atoms with Gasteiger partial charge < -0.3 is 9.47 Å². The smallest absolute Gasteiger partial charge is 0.240 e. The summed E-state index contributed by atoms with van der Waals surface area (Å²) in [5, 5.41) is 0.495. The van der Waals surface area contributed by atoms with Crippen LogP contribution in [-0.4, -0.2) is 29.2 Å². The van der Waals surface area contributed by atoms with Gasteiger partial charge in [-0.3, -0.25) is 0 Å². The SMILES string of the molecule is COc1cc(C)c(CCNS(=O)(=O)c2ccc(Cl)cc2)cc1OC. The van der Waals surface area contributed by atoms with Crippen molar-refractivity contribution < 1.29 is 17.9 Å². The van der Waals surface area contributed by atoms with Crippen LogP contribution in [0.15, 0.2) is 41.3 Å². The first-order valence-electron chi connectivity index (χ1n) is 7.34. The van der Waals surface area contributed by atoms with Crippen molar-refractivity contribution in [2.45, 2.75) is 18.2 Å². The zero-order chi connectivity index (χ0) is 17.7. The van der Waals surface area contributed by atoms with Gasteiger partial charge in [-0.2, -0.15) is 0 Å². The molecule has 7 heteroatoms.